The number of aromatic nitrogens is 1. The molecule has 2 aromatic rings. The van der Waals surface area contributed by atoms with Crippen LogP contribution in [0.3, 0.4) is 0 Å². The van der Waals surface area contributed by atoms with Crippen molar-refractivity contribution in [3.05, 3.63) is 50.6 Å². The molecule has 2 nitrogen and oxygen atoms in total. The predicted molar refractivity (Wildman–Crippen MR) is 64.2 cm³/mol. The van der Waals surface area contributed by atoms with Gasteiger partial charge in [-0.25, -0.2) is 9.37 Å². The smallest absolute Gasteiger partial charge is 0.169 e. The highest BCUT2D eigenvalue weighted by Crippen LogP contribution is 2.17. The van der Waals surface area contributed by atoms with Gasteiger partial charge in [0.05, 0.1) is 6.42 Å². The normalized spacial score (nSPS) is 10.4. The number of halogens is 2. The van der Waals surface area contributed by atoms with E-state index in [9.17, 15) is 9.18 Å². The lowest BCUT2D eigenvalue weighted by molar-refractivity contribution is 0.0992. The van der Waals surface area contributed by atoms with Gasteiger partial charge < -0.3 is 0 Å². The van der Waals surface area contributed by atoms with Crippen LogP contribution in [0.1, 0.15) is 15.4 Å². The number of thiazole rings is 1. The van der Waals surface area contributed by atoms with Gasteiger partial charge in [-0.05, 0) is 18.2 Å². The van der Waals surface area contributed by atoms with Gasteiger partial charge in [0.1, 0.15) is 10.8 Å². The number of hydrogen-bond donors (Lipinski definition) is 0. The Morgan fingerprint density at radius 2 is 2.25 bits per heavy atom. The first-order chi connectivity index (χ1) is 7.65. The molecule has 0 atom stereocenters. The maximum absolute atomic E-state index is 13.1. The van der Waals surface area contributed by atoms with Crippen LogP contribution >= 0.6 is 27.3 Å². The minimum absolute atomic E-state index is 0.129. The minimum Gasteiger partial charge on any atom is -0.294 e. The molecule has 0 saturated heterocycles. The summed E-state index contributed by atoms with van der Waals surface area (Å²) in [6, 6.07) is 4.17. The molecule has 0 unspecified atom stereocenters. The van der Waals surface area contributed by atoms with Gasteiger partial charge in [-0.15, -0.1) is 11.3 Å². The number of hydrogen-bond acceptors (Lipinski definition) is 3. The van der Waals surface area contributed by atoms with E-state index in [1.54, 1.807) is 12.3 Å². The van der Waals surface area contributed by atoms with Crippen molar-refractivity contribution in [2.45, 2.75) is 6.42 Å². The van der Waals surface area contributed by atoms with E-state index >= 15 is 0 Å². The second-order valence-electron chi connectivity index (χ2n) is 3.18. The highest BCUT2D eigenvalue weighted by Gasteiger charge is 2.10. The molecule has 0 aliphatic heterocycles. The highest BCUT2D eigenvalue weighted by molar-refractivity contribution is 9.10. The number of rotatable bonds is 3. The molecule has 0 spiro atoms. The van der Waals surface area contributed by atoms with Crippen LogP contribution in [0, 0.1) is 5.82 Å². The summed E-state index contributed by atoms with van der Waals surface area (Å²) in [6.07, 6.45) is 1.86. The standard InChI is InChI=1S/C11H7BrFNOS/c12-8-3-7(4-9(13)5-8)10(15)6-11-14-1-2-16-11/h1-5H,6H2. The summed E-state index contributed by atoms with van der Waals surface area (Å²) in [5.74, 6) is -0.549. The van der Waals surface area contributed by atoms with E-state index in [0.717, 1.165) is 5.01 Å². The summed E-state index contributed by atoms with van der Waals surface area (Å²) in [4.78, 5) is 15.8. The third-order valence-corrected chi connectivity index (χ3v) is 3.22. The third kappa shape index (κ3) is 2.74. The Morgan fingerprint density at radius 1 is 1.44 bits per heavy atom. The first kappa shape index (κ1) is 11.4. The van der Waals surface area contributed by atoms with Crippen LogP contribution in [0.2, 0.25) is 0 Å². The van der Waals surface area contributed by atoms with Crippen molar-refractivity contribution in [1.82, 2.24) is 4.98 Å². The fourth-order valence-corrected chi connectivity index (χ4v) is 2.37. The van der Waals surface area contributed by atoms with E-state index in [0.29, 0.717) is 10.0 Å². The Balaban J connectivity index is 2.21. The van der Waals surface area contributed by atoms with E-state index in [4.69, 9.17) is 0 Å². The molecule has 0 radical (unpaired) electrons. The summed E-state index contributed by atoms with van der Waals surface area (Å²) < 4.78 is 13.6. The second-order valence-corrected chi connectivity index (χ2v) is 5.08. The topological polar surface area (TPSA) is 30.0 Å². The van der Waals surface area contributed by atoms with Gasteiger partial charge in [0.25, 0.3) is 0 Å². The molecule has 1 aromatic carbocycles. The summed E-state index contributed by atoms with van der Waals surface area (Å²) in [7, 11) is 0. The molecule has 0 amide bonds. The molecule has 2 rings (SSSR count). The number of carbonyl (C=O) groups is 1. The lowest BCUT2D eigenvalue weighted by Gasteiger charge is -2.00. The molecule has 16 heavy (non-hydrogen) atoms. The Kier molecular flexibility index (Phi) is 3.46. The summed E-state index contributed by atoms with van der Waals surface area (Å²) >= 11 is 4.57. The summed E-state index contributed by atoms with van der Waals surface area (Å²) in [5.41, 5.74) is 0.363. The van der Waals surface area contributed by atoms with Crippen LogP contribution in [0.15, 0.2) is 34.2 Å². The fraction of sp³-hybridized carbons (Fsp3) is 0.0909. The number of nitrogens with zero attached hydrogens (tertiary/aromatic N) is 1. The van der Waals surface area contributed by atoms with Crippen molar-refractivity contribution in [1.29, 1.82) is 0 Å². The number of carbonyl (C=O) groups excluding carboxylic acids is 1. The largest absolute Gasteiger partial charge is 0.294 e. The van der Waals surface area contributed by atoms with Crippen LogP contribution in [0.4, 0.5) is 4.39 Å². The van der Waals surface area contributed by atoms with Crippen molar-refractivity contribution < 1.29 is 9.18 Å². The summed E-state index contributed by atoms with van der Waals surface area (Å²) in [6.45, 7) is 0. The number of benzene rings is 1. The van der Waals surface area contributed by atoms with Crippen LogP contribution in [-0.4, -0.2) is 10.8 Å². The lowest BCUT2D eigenvalue weighted by atomic mass is 10.1. The molecular weight excluding hydrogens is 293 g/mol. The first-order valence-corrected chi connectivity index (χ1v) is 6.20. The molecular formula is C11H7BrFNOS. The van der Waals surface area contributed by atoms with E-state index < -0.39 is 5.82 Å². The lowest BCUT2D eigenvalue weighted by Crippen LogP contribution is -2.03. The predicted octanol–water partition coefficient (Wildman–Crippen LogP) is 3.47. The van der Waals surface area contributed by atoms with E-state index in [1.807, 2.05) is 5.38 Å². The highest BCUT2D eigenvalue weighted by atomic mass is 79.9. The second kappa shape index (κ2) is 4.84. The van der Waals surface area contributed by atoms with E-state index in [1.165, 1.54) is 23.5 Å². The Morgan fingerprint density at radius 3 is 2.88 bits per heavy atom. The first-order valence-electron chi connectivity index (χ1n) is 4.53. The van der Waals surface area contributed by atoms with Gasteiger partial charge in [0.2, 0.25) is 0 Å². The SMILES string of the molecule is O=C(Cc1nccs1)c1cc(F)cc(Br)c1. The summed E-state index contributed by atoms with van der Waals surface area (Å²) in [5, 5.41) is 2.55. The van der Waals surface area contributed by atoms with Crippen molar-refractivity contribution >= 4 is 33.0 Å². The molecule has 0 fully saturated rings. The molecule has 0 bridgehead atoms. The van der Waals surface area contributed by atoms with E-state index in [2.05, 4.69) is 20.9 Å². The Labute approximate surface area is 104 Å². The maximum Gasteiger partial charge on any atom is 0.169 e. The average molecular weight is 300 g/mol. The zero-order valence-electron chi connectivity index (χ0n) is 8.11. The molecule has 5 heteroatoms. The van der Waals surface area contributed by atoms with Crippen molar-refractivity contribution in [3.8, 4) is 0 Å². The van der Waals surface area contributed by atoms with E-state index in [-0.39, 0.29) is 12.2 Å². The Bertz CT molecular complexity index is 492. The number of Topliss-reactive ketones (excluding diaryl/α,β-unsaturated/α-hetero) is 1. The molecule has 0 N–H and O–H groups in total. The van der Waals surface area contributed by atoms with Crippen LogP contribution in [-0.2, 0) is 6.42 Å². The van der Waals surface area contributed by atoms with Gasteiger partial charge in [0.15, 0.2) is 5.78 Å². The van der Waals surface area contributed by atoms with Gasteiger partial charge in [-0.2, -0.15) is 0 Å². The van der Waals surface area contributed by atoms with Gasteiger partial charge >= 0.3 is 0 Å². The quantitative estimate of drug-likeness (QED) is 0.812. The average Bonchev–Trinajstić information content (AvgIpc) is 2.68. The molecule has 1 heterocycles. The maximum atomic E-state index is 13.1. The minimum atomic E-state index is -0.420. The van der Waals surface area contributed by atoms with Crippen LogP contribution in [0.5, 0.6) is 0 Å². The number of ketones is 1. The van der Waals surface area contributed by atoms with Crippen LogP contribution < -0.4 is 0 Å². The zero-order chi connectivity index (χ0) is 11.5. The van der Waals surface area contributed by atoms with Crippen molar-refractivity contribution in [2.24, 2.45) is 0 Å². The molecule has 0 aliphatic rings. The monoisotopic (exact) mass is 299 g/mol. The zero-order valence-corrected chi connectivity index (χ0v) is 10.5. The van der Waals surface area contributed by atoms with Gasteiger partial charge in [-0.3, -0.25) is 4.79 Å². The molecule has 1 aromatic heterocycles. The van der Waals surface area contributed by atoms with Gasteiger partial charge in [0, 0.05) is 21.6 Å². The fourth-order valence-electron chi connectivity index (χ4n) is 1.29. The van der Waals surface area contributed by atoms with Gasteiger partial charge in [-0.1, -0.05) is 15.9 Å². The molecule has 0 aliphatic carbocycles. The molecule has 82 valence electrons. The Hall–Kier alpha value is -1.07. The third-order valence-electron chi connectivity index (χ3n) is 1.98. The van der Waals surface area contributed by atoms with Crippen molar-refractivity contribution in [2.75, 3.05) is 0 Å². The van der Waals surface area contributed by atoms with Crippen LogP contribution in [0.25, 0.3) is 0 Å². The van der Waals surface area contributed by atoms with Crippen molar-refractivity contribution in [3.63, 3.8) is 0 Å². The molecule has 0 saturated carbocycles.